The van der Waals surface area contributed by atoms with Gasteiger partial charge in [-0.2, -0.15) is 0 Å². The molecule has 1 unspecified atom stereocenters. The molecule has 0 fully saturated rings. The molecule has 4 rings (SSSR count). The van der Waals surface area contributed by atoms with Crippen LogP contribution in [-0.4, -0.2) is 17.4 Å². The van der Waals surface area contributed by atoms with Crippen molar-refractivity contribution in [3.05, 3.63) is 93.8 Å². The van der Waals surface area contributed by atoms with E-state index in [-0.39, 0.29) is 11.8 Å². The zero-order valence-corrected chi connectivity index (χ0v) is 15.3. The molecule has 0 saturated heterocycles. The molecule has 0 radical (unpaired) electrons. The molecule has 0 aliphatic carbocycles. The maximum Gasteiger partial charge on any atom is 0.251 e. The Kier molecular flexibility index (Phi) is 4.59. The lowest BCUT2D eigenvalue weighted by molar-refractivity contribution is 0.0952. The van der Waals surface area contributed by atoms with Gasteiger partial charge in [-0.25, -0.2) is 0 Å². The summed E-state index contributed by atoms with van der Waals surface area (Å²) in [5, 5.41) is 6.40. The molecule has 1 amide bonds. The van der Waals surface area contributed by atoms with E-state index < -0.39 is 0 Å². The van der Waals surface area contributed by atoms with Crippen LogP contribution in [0.5, 0.6) is 0 Å². The maximum absolute atomic E-state index is 12.5. The minimum Gasteiger partial charge on any atom is -0.361 e. The largest absolute Gasteiger partial charge is 0.361 e. The predicted octanol–water partition coefficient (Wildman–Crippen LogP) is 5.10. The van der Waals surface area contributed by atoms with Crippen LogP contribution in [-0.2, 0) is 0 Å². The predicted molar refractivity (Wildman–Crippen MR) is 108 cm³/mol. The normalized spacial score (nSPS) is 12.2. The molecule has 3 nitrogen and oxygen atoms in total. The molecule has 26 heavy (non-hydrogen) atoms. The van der Waals surface area contributed by atoms with Crippen molar-refractivity contribution in [1.29, 1.82) is 0 Å². The number of para-hydroxylation sites is 1. The van der Waals surface area contributed by atoms with Crippen molar-refractivity contribution in [3.8, 4) is 0 Å². The summed E-state index contributed by atoms with van der Waals surface area (Å²) in [6.07, 6.45) is 2.06. The van der Waals surface area contributed by atoms with Crippen LogP contribution in [0, 0.1) is 6.92 Å². The monoisotopic (exact) mass is 360 g/mol. The lowest BCUT2D eigenvalue weighted by Gasteiger charge is -2.16. The molecule has 0 bridgehead atoms. The molecule has 0 aliphatic heterocycles. The Morgan fingerprint density at radius 2 is 1.88 bits per heavy atom. The molecule has 1 atom stereocenters. The Balaban J connectivity index is 1.61. The van der Waals surface area contributed by atoms with Crippen LogP contribution in [0.1, 0.15) is 32.3 Å². The van der Waals surface area contributed by atoms with Gasteiger partial charge in [0.1, 0.15) is 0 Å². The standard InChI is InChI=1S/C22H20N2OS/c1-15-8-10-16(11-9-15)22(25)24-14-19(21-7-4-12-26-21)18-13-23-20-6-3-2-5-17(18)20/h2-13,19,23H,14H2,1H3,(H,24,25). The van der Waals surface area contributed by atoms with E-state index in [9.17, 15) is 4.79 Å². The van der Waals surface area contributed by atoms with E-state index in [1.165, 1.54) is 15.8 Å². The van der Waals surface area contributed by atoms with Gasteiger partial charge in [0, 0.05) is 40.0 Å². The summed E-state index contributed by atoms with van der Waals surface area (Å²) in [4.78, 5) is 17.1. The number of aromatic nitrogens is 1. The van der Waals surface area contributed by atoms with Gasteiger partial charge in [-0.15, -0.1) is 11.3 Å². The summed E-state index contributed by atoms with van der Waals surface area (Å²) in [6.45, 7) is 2.58. The molecule has 4 heteroatoms. The van der Waals surface area contributed by atoms with Gasteiger partial charge in [0.25, 0.3) is 5.91 Å². The number of aromatic amines is 1. The molecule has 0 spiro atoms. The van der Waals surface area contributed by atoms with Crippen LogP contribution in [0.4, 0.5) is 0 Å². The zero-order chi connectivity index (χ0) is 17.9. The summed E-state index contributed by atoms with van der Waals surface area (Å²) in [5.74, 6) is 0.0898. The van der Waals surface area contributed by atoms with E-state index >= 15 is 0 Å². The van der Waals surface area contributed by atoms with Gasteiger partial charge in [0.2, 0.25) is 0 Å². The number of hydrogen-bond donors (Lipinski definition) is 2. The number of carbonyl (C=O) groups excluding carboxylic acids is 1. The summed E-state index contributed by atoms with van der Waals surface area (Å²) in [6, 6.07) is 20.2. The van der Waals surface area contributed by atoms with Gasteiger partial charge in [0.15, 0.2) is 0 Å². The second-order valence-electron chi connectivity index (χ2n) is 6.43. The Bertz CT molecular complexity index is 1020. The number of rotatable bonds is 5. The highest BCUT2D eigenvalue weighted by Gasteiger charge is 2.20. The van der Waals surface area contributed by atoms with Gasteiger partial charge in [-0.1, -0.05) is 42.0 Å². The smallest absolute Gasteiger partial charge is 0.251 e. The second kappa shape index (κ2) is 7.18. The molecule has 2 heterocycles. The van der Waals surface area contributed by atoms with Crippen molar-refractivity contribution in [3.63, 3.8) is 0 Å². The van der Waals surface area contributed by atoms with Crippen LogP contribution in [0.15, 0.2) is 72.2 Å². The first-order valence-electron chi connectivity index (χ1n) is 8.66. The maximum atomic E-state index is 12.5. The Labute approximate surface area is 156 Å². The van der Waals surface area contributed by atoms with Crippen LogP contribution >= 0.6 is 11.3 Å². The number of aryl methyl sites for hydroxylation is 1. The van der Waals surface area contributed by atoms with Crippen molar-refractivity contribution < 1.29 is 4.79 Å². The van der Waals surface area contributed by atoms with Gasteiger partial charge in [-0.05, 0) is 42.1 Å². The van der Waals surface area contributed by atoms with Crippen molar-refractivity contribution in [2.75, 3.05) is 6.54 Å². The molecular weight excluding hydrogens is 340 g/mol. The molecule has 2 N–H and O–H groups in total. The number of amides is 1. The zero-order valence-electron chi connectivity index (χ0n) is 14.5. The molecule has 2 aromatic carbocycles. The quantitative estimate of drug-likeness (QED) is 0.511. The van der Waals surface area contributed by atoms with E-state index in [4.69, 9.17) is 0 Å². The molecule has 4 aromatic rings. The fourth-order valence-corrected chi connectivity index (χ4v) is 4.08. The van der Waals surface area contributed by atoms with Crippen molar-refractivity contribution >= 4 is 28.1 Å². The molecule has 0 aliphatic rings. The summed E-state index contributed by atoms with van der Waals surface area (Å²) in [5.41, 5.74) is 4.18. The van der Waals surface area contributed by atoms with Crippen molar-refractivity contribution in [2.24, 2.45) is 0 Å². The van der Waals surface area contributed by atoms with E-state index in [0.29, 0.717) is 12.1 Å². The van der Waals surface area contributed by atoms with Gasteiger partial charge >= 0.3 is 0 Å². The number of fused-ring (bicyclic) bond motifs is 1. The SMILES string of the molecule is Cc1ccc(C(=O)NCC(c2cccs2)c2c[nH]c3ccccc23)cc1. The van der Waals surface area contributed by atoms with Crippen molar-refractivity contribution in [1.82, 2.24) is 10.3 Å². The van der Waals surface area contributed by atoms with Crippen LogP contribution in [0.25, 0.3) is 10.9 Å². The number of thiophene rings is 1. The summed E-state index contributed by atoms with van der Waals surface area (Å²) in [7, 11) is 0. The number of nitrogens with one attached hydrogen (secondary N) is 2. The highest BCUT2D eigenvalue weighted by Crippen LogP contribution is 2.32. The van der Waals surface area contributed by atoms with Gasteiger partial charge in [0.05, 0.1) is 0 Å². The van der Waals surface area contributed by atoms with Crippen LogP contribution in [0.3, 0.4) is 0 Å². The Morgan fingerprint density at radius 3 is 2.65 bits per heavy atom. The number of H-pyrrole nitrogens is 1. The van der Waals surface area contributed by atoms with E-state index in [1.807, 2.05) is 37.3 Å². The first kappa shape index (κ1) is 16.6. The lowest BCUT2D eigenvalue weighted by atomic mass is 9.96. The van der Waals surface area contributed by atoms with Crippen LogP contribution < -0.4 is 5.32 Å². The fraction of sp³-hybridized carbons (Fsp3) is 0.136. The van der Waals surface area contributed by atoms with Crippen LogP contribution in [0.2, 0.25) is 0 Å². The third-order valence-electron chi connectivity index (χ3n) is 4.66. The molecule has 0 saturated carbocycles. The Hall–Kier alpha value is -2.85. The topological polar surface area (TPSA) is 44.9 Å². The summed E-state index contributed by atoms with van der Waals surface area (Å²) >= 11 is 1.72. The lowest BCUT2D eigenvalue weighted by Crippen LogP contribution is -2.28. The minimum atomic E-state index is -0.0357. The number of benzene rings is 2. The second-order valence-corrected chi connectivity index (χ2v) is 7.41. The minimum absolute atomic E-state index is 0.0357. The highest BCUT2D eigenvalue weighted by molar-refractivity contribution is 7.10. The highest BCUT2D eigenvalue weighted by atomic mass is 32.1. The number of hydrogen-bond acceptors (Lipinski definition) is 2. The Morgan fingerprint density at radius 1 is 1.08 bits per heavy atom. The average molecular weight is 360 g/mol. The molecular formula is C22H20N2OS. The average Bonchev–Trinajstić information content (AvgIpc) is 3.33. The van der Waals surface area contributed by atoms with Crippen molar-refractivity contribution in [2.45, 2.75) is 12.8 Å². The van der Waals surface area contributed by atoms with E-state index in [1.54, 1.807) is 11.3 Å². The first-order valence-corrected chi connectivity index (χ1v) is 9.54. The summed E-state index contributed by atoms with van der Waals surface area (Å²) < 4.78 is 0. The van der Waals surface area contributed by atoms with E-state index in [0.717, 1.165) is 11.1 Å². The fourth-order valence-electron chi connectivity index (χ4n) is 3.24. The van der Waals surface area contributed by atoms with Gasteiger partial charge < -0.3 is 10.3 Å². The first-order chi connectivity index (χ1) is 12.7. The molecule has 2 aromatic heterocycles. The number of carbonyl (C=O) groups is 1. The van der Waals surface area contributed by atoms with E-state index in [2.05, 4.69) is 52.2 Å². The third-order valence-corrected chi connectivity index (χ3v) is 5.65. The third kappa shape index (κ3) is 3.28. The van der Waals surface area contributed by atoms with Gasteiger partial charge in [-0.3, -0.25) is 4.79 Å². The molecule has 130 valence electrons.